The molecule has 3 N–H and O–H groups in total. The van der Waals surface area contributed by atoms with E-state index in [0.29, 0.717) is 6.54 Å². The second kappa shape index (κ2) is 8.49. The van der Waals surface area contributed by atoms with Gasteiger partial charge in [0.15, 0.2) is 0 Å². The maximum atomic E-state index is 10.3. The lowest BCUT2D eigenvalue weighted by Gasteiger charge is -2.20. The zero-order valence-electron chi connectivity index (χ0n) is 5.05. The summed E-state index contributed by atoms with van der Waals surface area (Å²) in [5.41, 5.74) is 0. The highest BCUT2D eigenvalue weighted by Gasteiger charge is 2.18. The Hall–Kier alpha value is -0.610. The third-order valence-electron chi connectivity index (χ3n) is 1.34. The minimum atomic E-state index is -0.776. The molecule has 76 valence electrons. The Balaban J connectivity index is -0.000000270. The Kier molecular flexibility index (Phi) is 12.4. The number of carbonyl (C=O) groups is 1. The Morgan fingerprint density at radius 2 is 1.83 bits per heavy atom. The fourth-order valence-electron chi connectivity index (χ4n) is 0.828. The van der Waals surface area contributed by atoms with Gasteiger partial charge < -0.3 is 15.7 Å². The summed E-state index contributed by atoms with van der Waals surface area (Å²) in [5.74, 6) is -0.776. The number of hydrogen-bond acceptors (Lipinski definition) is 3. The van der Waals surface area contributed by atoms with E-state index in [1.54, 1.807) is 0 Å². The molecule has 1 aliphatic rings. The van der Waals surface area contributed by atoms with Crippen LogP contribution in [0.25, 0.3) is 0 Å². The SMILES string of the molecule is C.C.C.O=C(O)[C@H]1CNCCN1. The first-order chi connectivity index (χ1) is 4.30. The van der Waals surface area contributed by atoms with Gasteiger partial charge in [0.1, 0.15) is 6.04 Å². The fourth-order valence-corrected chi connectivity index (χ4v) is 0.828. The zero-order valence-corrected chi connectivity index (χ0v) is 5.05. The van der Waals surface area contributed by atoms with Gasteiger partial charge in [-0.2, -0.15) is 0 Å². The van der Waals surface area contributed by atoms with E-state index < -0.39 is 12.0 Å². The molecule has 1 fully saturated rings. The van der Waals surface area contributed by atoms with Crippen molar-refractivity contribution in [3.05, 3.63) is 0 Å². The Labute approximate surface area is 75.4 Å². The number of carboxylic acids is 1. The zero-order chi connectivity index (χ0) is 6.69. The van der Waals surface area contributed by atoms with Gasteiger partial charge in [0.05, 0.1) is 0 Å². The summed E-state index contributed by atoms with van der Waals surface area (Å²) in [6.45, 7) is 2.15. The standard InChI is InChI=1S/C5H10N2O2.3CH4/c8-5(9)4-3-6-1-2-7-4;;;/h4,6-7H,1-3H2,(H,8,9);3*1H4/t4-;;;/m1.../s1. The molecule has 0 aromatic rings. The van der Waals surface area contributed by atoms with Crippen molar-refractivity contribution in [2.75, 3.05) is 19.6 Å². The molecule has 1 rings (SSSR count). The average Bonchev–Trinajstić information content (AvgIpc) is 1.90. The molecule has 0 saturated carbocycles. The minimum absolute atomic E-state index is 0. The van der Waals surface area contributed by atoms with Crippen molar-refractivity contribution < 1.29 is 9.90 Å². The van der Waals surface area contributed by atoms with E-state index in [0.717, 1.165) is 13.1 Å². The van der Waals surface area contributed by atoms with Crippen LogP contribution in [0.15, 0.2) is 0 Å². The summed E-state index contributed by atoms with van der Waals surface area (Å²) < 4.78 is 0. The van der Waals surface area contributed by atoms with E-state index in [4.69, 9.17) is 5.11 Å². The Morgan fingerprint density at radius 3 is 2.08 bits per heavy atom. The van der Waals surface area contributed by atoms with E-state index in [1.807, 2.05) is 0 Å². The second-order valence-corrected chi connectivity index (χ2v) is 2.05. The molecule has 1 saturated heterocycles. The highest BCUT2D eigenvalue weighted by molar-refractivity contribution is 5.73. The van der Waals surface area contributed by atoms with E-state index >= 15 is 0 Å². The van der Waals surface area contributed by atoms with E-state index in [-0.39, 0.29) is 22.3 Å². The van der Waals surface area contributed by atoms with Crippen LogP contribution < -0.4 is 10.6 Å². The number of carboxylic acid groups (broad SMARTS) is 1. The van der Waals surface area contributed by atoms with Gasteiger partial charge in [0.25, 0.3) is 0 Å². The molecular formula is C8H22N2O2. The first-order valence-electron chi connectivity index (χ1n) is 2.97. The maximum absolute atomic E-state index is 10.3. The summed E-state index contributed by atoms with van der Waals surface area (Å²) in [4.78, 5) is 10.3. The third kappa shape index (κ3) is 5.09. The van der Waals surface area contributed by atoms with Crippen LogP contribution in [-0.2, 0) is 4.79 Å². The highest BCUT2D eigenvalue weighted by atomic mass is 16.4. The lowest BCUT2D eigenvalue weighted by atomic mass is 10.2. The van der Waals surface area contributed by atoms with Gasteiger partial charge in [-0.3, -0.25) is 4.79 Å². The van der Waals surface area contributed by atoms with Crippen molar-refractivity contribution in [1.82, 2.24) is 10.6 Å². The summed E-state index contributed by atoms with van der Waals surface area (Å²) in [6, 6.07) is -0.390. The second-order valence-electron chi connectivity index (χ2n) is 2.05. The first kappa shape index (κ1) is 17.5. The van der Waals surface area contributed by atoms with Crippen LogP contribution in [0.4, 0.5) is 0 Å². The average molecular weight is 178 g/mol. The first-order valence-corrected chi connectivity index (χ1v) is 2.97. The largest absolute Gasteiger partial charge is 0.480 e. The Bertz CT molecular complexity index is 112. The molecule has 4 nitrogen and oxygen atoms in total. The van der Waals surface area contributed by atoms with E-state index in [1.165, 1.54) is 0 Å². The number of aliphatic carboxylic acids is 1. The number of hydrogen-bond donors (Lipinski definition) is 3. The van der Waals surface area contributed by atoms with Crippen LogP contribution in [0.3, 0.4) is 0 Å². The minimum Gasteiger partial charge on any atom is -0.480 e. The van der Waals surface area contributed by atoms with Crippen molar-refractivity contribution in [3.63, 3.8) is 0 Å². The number of rotatable bonds is 1. The number of piperazine rings is 1. The summed E-state index contributed by atoms with van der Waals surface area (Å²) in [5, 5.41) is 14.3. The van der Waals surface area contributed by atoms with Gasteiger partial charge in [-0.1, -0.05) is 22.3 Å². The van der Waals surface area contributed by atoms with Crippen molar-refractivity contribution in [2.24, 2.45) is 0 Å². The molecule has 0 spiro atoms. The van der Waals surface area contributed by atoms with Gasteiger partial charge in [0.2, 0.25) is 0 Å². The lowest BCUT2D eigenvalue weighted by Crippen LogP contribution is -2.52. The van der Waals surface area contributed by atoms with E-state index in [9.17, 15) is 4.79 Å². The lowest BCUT2D eigenvalue weighted by molar-refractivity contribution is -0.139. The van der Waals surface area contributed by atoms with Crippen molar-refractivity contribution in [3.8, 4) is 0 Å². The molecule has 12 heavy (non-hydrogen) atoms. The molecular weight excluding hydrogens is 156 g/mol. The van der Waals surface area contributed by atoms with Crippen molar-refractivity contribution in [1.29, 1.82) is 0 Å². The molecule has 0 aromatic carbocycles. The molecule has 0 amide bonds. The molecule has 0 radical (unpaired) electrons. The Morgan fingerprint density at radius 1 is 1.25 bits per heavy atom. The predicted octanol–water partition coefficient (Wildman–Crippen LogP) is 0.541. The van der Waals surface area contributed by atoms with Gasteiger partial charge >= 0.3 is 5.97 Å². The highest BCUT2D eigenvalue weighted by Crippen LogP contribution is 1.84. The summed E-state index contributed by atoms with van der Waals surface area (Å²) >= 11 is 0. The molecule has 1 aliphatic heterocycles. The molecule has 4 heteroatoms. The van der Waals surface area contributed by atoms with Crippen LogP contribution in [-0.4, -0.2) is 36.8 Å². The summed E-state index contributed by atoms with van der Waals surface area (Å²) in [6.07, 6.45) is 0. The third-order valence-corrected chi connectivity index (χ3v) is 1.34. The molecule has 1 atom stereocenters. The quantitative estimate of drug-likeness (QED) is 0.548. The smallest absolute Gasteiger partial charge is 0.322 e. The van der Waals surface area contributed by atoms with Crippen molar-refractivity contribution in [2.45, 2.75) is 28.3 Å². The van der Waals surface area contributed by atoms with Crippen molar-refractivity contribution >= 4 is 5.97 Å². The van der Waals surface area contributed by atoms with Crippen LogP contribution in [0, 0.1) is 0 Å². The molecule has 1 heterocycles. The molecule has 0 bridgehead atoms. The van der Waals surface area contributed by atoms with Gasteiger partial charge in [-0.05, 0) is 0 Å². The van der Waals surface area contributed by atoms with Gasteiger partial charge in [-0.25, -0.2) is 0 Å². The molecule has 0 unspecified atom stereocenters. The topological polar surface area (TPSA) is 61.4 Å². The van der Waals surface area contributed by atoms with Crippen LogP contribution in [0.5, 0.6) is 0 Å². The molecule has 0 aliphatic carbocycles. The van der Waals surface area contributed by atoms with Crippen LogP contribution in [0.2, 0.25) is 0 Å². The number of nitrogens with one attached hydrogen (secondary N) is 2. The normalized spacial score (nSPS) is 20.8. The van der Waals surface area contributed by atoms with E-state index in [2.05, 4.69) is 10.6 Å². The molecule has 0 aromatic heterocycles. The fraction of sp³-hybridized carbons (Fsp3) is 0.875. The predicted molar refractivity (Wildman–Crippen MR) is 52.5 cm³/mol. The monoisotopic (exact) mass is 178 g/mol. The van der Waals surface area contributed by atoms with Crippen LogP contribution in [0.1, 0.15) is 22.3 Å². The summed E-state index contributed by atoms with van der Waals surface area (Å²) in [7, 11) is 0. The van der Waals surface area contributed by atoms with Gasteiger partial charge in [0, 0.05) is 19.6 Å². The van der Waals surface area contributed by atoms with Crippen LogP contribution >= 0.6 is 0 Å². The maximum Gasteiger partial charge on any atom is 0.322 e. The van der Waals surface area contributed by atoms with Gasteiger partial charge in [-0.15, -0.1) is 0 Å².